The zero-order chi connectivity index (χ0) is 13.5. The highest BCUT2D eigenvalue weighted by Gasteiger charge is 2.33. The van der Waals surface area contributed by atoms with Gasteiger partial charge in [0.15, 0.2) is 0 Å². The summed E-state index contributed by atoms with van der Waals surface area (Å²) in [5.41, 5.74) is 1.22. The van der Waals surface area contributed by atoms with Crippen LogP contribution in [0.25, 0.3) is 0 Å². The first-order valence-electron chi connectivity index (χ1n) is 7.36. The molecule has 2 aliphatic rings. The molecule has 0 amide bonds. The third kappa shape index (κ3) is 2.59. The fraction of sp³-hybridized carbons (Fsp3) is 0.733. The quantitative estimate of drug-likeness (QED) is 0.838. The van der Waals surface area contributed by atoms with E-state index in [2.05, 4.69) is 36.0 Å². The minimum absolute atomic E-state index is 0.0882. The summed E-state index contributed by atoms with van der Waals surface area (Å²) < 4.78 is 0. The molecule has 0 bridgehead atoms. The van der Waals surface area contributed by atoms with Crippen LogP contribution >= 0.6 is 0 Å². The van der Waals surface area contributed by atoms with Gasteiger partial charge >= 0.3 is 0 Å². The Bertz CT molecular complexity index is 452. The van der Waals surface area contributed by atoms with E-state index in [4.69, 9.17) is 4.98 Å². The summed E-state index contributed by atoms with van der Waals surface area (Å²) in [4.78, 5) is 11.6. The predicted octanol–water partition coefficient (Wildman–Crippen LogP) is 1.96. The molecular formula is C15H24N4. The largest absolute Gasteiger partial charge is 0.340 e. The number of hydrogen-bond donors (Lipinski definition) is 1. The minimum atomic E-state index is 0.0882. The van der Waals surface area contributed by atoms with Gasteiger partial charge in [0.1, 0.15) is 0 Å². The number of nitrogens with one attached hydrogen (secondary N) is 1. The number of fused-ring (bicyclic) bond motifs is 1. The Kier molecular flexibility index (Phi) is 3.21. The Morgan fingerprint density at radius 3 is 2.95 bits per heavy atom. The fourth-order valence-electron chi connectivity index (χ4n) is 3.15. The van der Waals surface area contributed by atoms with Crippen LogP contribution in [-0.4, -0.2) is 35.6 Å². The number of aromatic nitrogens is 2. The van der Waals surface area contributed by atoms with E-state index in [1.807, 2.05) is 12.3 Å². The molecule has 0 aliphatic carbocycles. The third-order valence-corrected chi connectivity index (χ3v) is 4.35. The van der Waals surface area contributed by atoms with E-state index in [9.17, 15) is 0 Å². The molecule has 2 fully saturated rings. The van der Waals surface area contributed by atoms with Gasteiger partial charge < -0.3 is 10.2 Å². The molecular weight excluding hydrogens is 236 g/mol. The van der Waals surface area contributed by atoms with Crippen molar-refractivity contribution in [1.82, 2.24) is 15.3 Å². The first-order valence-corrected chi connectivity index (χ1v) is 7.36. The van der Waals surface area contributed by atoms with Gasteiger partial charge in [-0.15, -0.1) is 0 Å². The molecule has 0 aromatic carbocycles. The molecule has 0 spiro atoms. The van der Waals surface area contributed by atoms with E-state index in [0.717, 1.165) is 36.7 Å². The van der Waals surface area contributed by atoms with E-state index < -0.39 is 0 Å². The van der Waals surface area contributed by atoms with Gasteiger partial charge in [-0.3, -0.25) is 0 Å². The number of nitrogens with zero attached hydrogens (tertiary/aromatic N) is 3. The highest BCUT2D eigenvalue weighted by atomic mass is 15.3. The van der Waals surface area contributed by atoms with Crippen molar-refractivity contribution in [3.8, 4) is 0 Å². The highest BCUT2D eigenvalue weighted by Crippen LogP contribution is 2.27. The SMILES string of the molecule is CC(C)(C)c1ccnc(N2CCC3NCCC3C2)n1. The van der Waals surface area contributed by atoms with Crippen LogP contribution in [0.1, 0.15) is 39.3 Å². The zero-order valence-electron chi connectivity index (χ0n) is 12.2. The van der Waals surface area contributed by atoms with E-state index in [1.165, 1.54) is 19.4 Å². The first kappa shape index (κ1) is 12.9. The second-order valence-electron chi connectivity index (χ2n) is 6.84. The Labute approximate surface area is 115 Å². The van der Waals surface area contributed by atoms with Crippen molar-refractivity contribution in [2.24, 2.45) is 5.92 Å². The summed E-state index contributed by atoms with van der Waals surface area (Å²) in [6, 6.07) is 2.76. The molecule has 1 aromatic heterocycles. The van der Waals surface area contributed by atoms with Crippen molar-refractivity contribution in [2.45, 2.75) is 45.1 Å². The van der Waals surface area contributed by atoms with E-state index in [-0.39, 0.29) is 5.41 Å². The van der Waals surface area contributed by atoms with Crippen LogP contribution in [0, 0.1) is 5.92 Å². The molecule has 3 rings (SSSR count). The van der Waals surface area contributed by atoms with Crippen molar-refractivity contribution < 1.29 is 0 Å². The molecule has 1 aromatic rings. The van der Waals surface area contributed by atoms with Crippen LogP contribution in [0.3, 0.4) is 0 Å². The summed E-state index contributed by atoms with van der Waals surface area (Å²) >= 11 is 0. The Morgan fingerprint density at radius 1 is 1.32 bits per heavy atom. The van der Waals surface area contributed by atoms with Crippen LogP contribution in [0.4, 0.5) is 5.95 Å². The van der Waals surface area contributed by atoms with E-state index in [1.54, 1.807) is 0 Å². The molecule has 4 nitrogen and oxygen atoms in total. The monoisotopic (exact) mass is 260 g/mol. The molecule has 4 heteroatoms. The maximum absolute atomic E-state index is 4.78. The summed E-state index contributed by atoms with van der Waals surface area (Å²) in [6.07, 6.45) is 4.41. The highest BCUT2D eigenvalue weighted by molar-refractivity contribution is 5.33. The number of anilines is 1. The maximum atomic E-state index is 4.78. The summed E-state index contributed by atoms with van der Waals surface area (Å²) in [5, 5.41) is 3.60. The smallest absolute Gasteiger partial charge is 0.225 e. The molecule has 19 heavy (non-hydrogen) atoms. The van der Waals surface area contributed by atoms with Gasteiger partial charge in [0, 0.05) is 30.7 Å². The second kappa shape index (κ2) is 4.75. The summed E-state index contributed by atoms with van der Waals surface area (Å²) in [7, 11) is 0. The van der Waals surface area contributed by atoms with Crippen LogP contribution in [0.2, 0.25) is 0 Å². The van der Waals surface area contributed by atoms with Crippen molar-refractivity contribution >= 4 is 5.95 Å². The van der Waals surface area contributed by atoms with Gasteiger partial charge in [-0.25, -0.2) is 9.97 Å². The Morgan fingerprint density at radius 2 is 2.16 bits per heavy atom. The maximum Gasteiger partial charge on any atom is 0.225 e. The minimum Gasteiger partial charge on any atom is -0.340 e. The molecule has 2 unspecified atom stereocenters. The standard InChI is InChI=1S/C15H24N4/c1-15(2,3)13-5-8-17-14(18-13)19-9-6-12-11(10-19)4-7-16-12/h5,8,11-12,16H,4,6-7,9-10H2,1-3H3. The lowest BCUT2D eigenvalue weighted by molar-refractivity contribution is 0.372. The van der Waals surface area contributed by atoms with Crippen LogP contribution in [-0.2, 0) is 5.41 Å². The van der Waals surface area contributed by atoms with Gasteiger partial charge in [0.05, 0.1) is 5.69 Å². The molecule has 2 atom stereocenters. The lowest BCUT2D eigenvalue weighted by atomic mass is 9.92. The number of rotatable bonds is 1. The molecule has 0 saturated carbocycles. The van der Waals surface area contributed by atoms with Crippen molar-refractivity contribution in [3.05, 3.63) is 18.0 Å². The average Bonchev–Trinajstić information content (AvgIpc) is 2.85. The topological polar surface area (TPSA) is 41.1 Å². The molecule has 3 heterocycles. The fourth-order valence-corrected chi connectivity index (χ4v) is 3.15. The number of piperidine rings is 1. The normalized spacial score (nSPS) is 27.4. The molecule has 2 saturated heterocycles. The predicted molar refractivity (Wildman–Crippen MR) is 77.5 cm³/mol. The van der Waals surface area contributed by atoms with E-state index >= 15 is 0 Å². The summed E-state index contributed by atoms with van der Waals surface area (Å²) in [5.74, 6) is 1.69. The van der Waals surface area contributed by atoms with Crippen LogP contribution in [0.15, 0.2) is 12.3 Å². The van der Waals surface area contributed by atoms with Crippen LogP contribution in [0.5, 0.6) is 0 Å². The molecule has 1 N–H and O–H groups in total. The van der Waals surface area contributed by atoms with Gasteiger partial charge in [-0.1, -0.05) is 20.8 Å². The van der Waals surface area contributed by atoms with Gasteiger partial charge in [0.2, 0.25) is 5.95 Å². The Balaban J connectivity index is 1.79. The number of hydrogen-bond acceptors (Lipinski definition) is 4. The third-order valence-electron chi connectivity index (χ3n) is 4.35. The summed E-state index contributed by atoms with van der Waals surface area (Å²) in [6.45, 7) is 9.95. The van der Waals surface area contributed by atoms with Crippen molar-refractivity contribution in [1.29, 1.82) is 0 Å². The molecule has 2 aliphatic heterocycles. The lowest BCUT2D eigenvalue weighted by Crippen LogP contribution is -2.45. The Hall–Kier alpha value is -1.16. The van der Waals surface area contributed by atoms with Crippen molar-refractivity contribution in [2.75, 3.05) is 24.5 Å². The van der Waals surface area contributed by atoms with Gasteiger partial charge in [-0.05, 0) is 31.4 Å². The zero-order valence-corrected chi connectivity index (χ0v) is 12.2. The van der Waals surface area contributed by atoms with Gasteiger partial charge in [-0.2, -0.15) is 0 Å². The second-order valence-corrected chi connectivity index (χ2v) is 6.84. The lowest BCUT2D eigenvalue weighted by Gasteiger charge is -2.35. The van der Waals surface area contributed by atoms with E-state index in [0.29, 0.717) is 0 Å². The first-order chi connectivity index (χ1) is 9.04. The average molecular weight is 260 g/mol. The van der Waals surface area contributed by atoms with Crippen molar-refractivity contribution in [3.63, 3.8) is 0 Å². The van der Waals surface area contributed by atoms with Gasteiger partial charge in [0.25, 0.3) is 0 Å². The molecule has 104 valence electrons. The van der Waals surface area contributed by atoms with Crippen LogP contribution < -0.4 is 10.2 Å². The molecule has 0 radical (unpaired) electrons.